The molecule has 0 unspecified atom stereocenters. The first-order chi connectivity index (χ1) is 11.7. The standard InChI is InChI=1S/C18H20FN3O2.2ClH/c19-14-4-3-5-15(10-14)24-17-8-7-13(11-21-17)12-22-18(23)16-6-1-2-9-20-16;;/h3-5,7-8,10-11,16,20H,1-2,6,9,12H2,(H,22,23);2*1H/t16-;;/m1../s1. The quantitative estimate of drug-likeness (QED) is 0.802. The third kappa shape index (κ3) is 6.44. The van der Waals surface area contributed by atoms with Crippen LogP contribution in [0.4, 0.5) is 4.39 Å². The topological polar surface area (TPSA) is 63.2 Å². The van der Waals surface area contributed by atoms with E-state index >= 15 is 0 Å². The minimum atomic E-state index is -0.358. The minimum Gasteiger partial charge on any atom is -0.439 e. The SMILES string of the molecule is Cl.Cl.O=C(NCc1ccc(Oc2cccc(F)c2)nc1)[C@H]1CCCCN1. The molecular formula is C18H22Cl2FN3O2. The Kier molecular flexibility index (Phi) is 9.34. The molecule has 0 aliphatic carbocycles. The summed E-state index contributed by atoms with van der Waals surface area (Å²) in [6, 6.07) is 9.33. The van der Waals surface area contributed by atoms with E-state index in [1.807, 2.05) is 6.07 Å². The van der Waals surface area contributed by atoms with Crippen molar-refractivity contribution >= 4 is 30.7 Å². The molecule has 1 aromatic carbocycles. The zero-order valence-electron chi connectivity index (χ0n) is 14.1. The molecule has 0 bridgehead atoms. The summed E-state index contributed by atoms with van der Waals surface area (Å²) >= 11 is 0. The van der Waals surface area contributed by atoms with Crippen molar-refractivity contribution in [1.29, 1.82) is 0 Å². The van der Waals surface area contributed by atoms with E-state index in [2.05, 4.69) is 15.6 Å². The molecule has 2 heterocycles. The number of benzene rings is 1. The summed E-state index contributed by atoms with van der Waals surface area (Å²) in [6.45, 7) is 1.32. The van der Waals surface area contributed by atoms with Gasteiger partial charge in [-0.15, -0.1) is 24.8 Å². The average molecular weight is 402 g/mol. The van der Waals surface area contributed by atoms with Crippen LogP contribution < -0.4 is 15.4 Å². The second-order valence-electron chi connectivity index (χ2n) is 5.78. The van der Waals surface area contributed by atoms with Gasteiger partial charge in [-0.2, -0.15) is 0 Å². The highest BCUT2D eigenvalue weighted by Crippen LogP contribution is 2.20. The molecule has 3 rings (SSSR count). The average Bonchev–Trinajstić information content (AvgIpc) is 2.62. The number of amides is 1. The van der Waals surface area contributed by atoms with E-state index in [1.54, 1.807) is 24.4 Å². The van der Waals surface area contributed by atoms with Crippen LogP contribution in [-0.2, 0) is 11.3 Å². The van der Waals surface area contributed by atoms with Gasteiger partial charge < -0.3 is 15.4 Å². The molecule has 1 aliphatic rings. The Balaban J connectivity index is 0.00000169. The summed E-state index contributed by atoms with van der Waals surface area (Å²) in [6.07, 6.45) is 4.73. The summed E-state index contributed by atoms with van der Waals surface area (Å²) in [5.41, 5.74) is 0.880. The van der Waals surface area contributed by atoms with E-state index in [9.17, 15) is 9.18 Å². The fraction of sp³-hybridized carbons (Fsp3) is 0.333. The molecule has 1 fully saturated rings. The molecule has 1 atom stereocenters. The van der Waals surface area contributed by atoms with Gasteiger partial charge in [-0.05, 0) is 37.1 Å². The predicted octanol–water partition coefficient (Wildman–Crippen LogP) is 3.61. The summed E-state index contributed by atoms with van der Waals surface area (Å²) in [5.74, 6) is 0.439. The van der Waals surface area contributed by atoms with Gasteiger partial charge in [-0.25, -0.2) is 9.37 Å². The summed E-state index contributed by atoms with van der Waals surface area (Å²) < 4.78 is 18.6. The summed E-state index contributed by atoms with van der Waals surface area (Å²) in [4.78, 5) is 16.2. The zero-order chi connectivity index (χ0) is 16.8. The molecule has 26 heavy (non-hydrogen) atoms. The predicted molar refractivity (Wildman–Crippen MR) is 103 cm³/mol. The van der Waals surface area contributed by atoms with Crippen molar-refractivity contribution in [3.8, 4) is 11.6 Å². The van der Waals surface area contributed by atoms with E-state index in [4.69, 9.17) is 4.74 Å². The van der Waals surface area contributed by atoms with Gasteiger partial charge in [0.2, 0.25) is 11.8 Å². The molecule has 0 radical (unpaired) electrons. The smallest absolute Gasteiger partial charge is 0.237 e. The van der Waals surface area contributed by atoms with Crippen molar-refractivity contribution < 1.29 is 13.9 Å². The highest BCUT2D eigenvalue weighted by atomic mass is 35.5. The largest absolute Gasteiger partial charge is 0.439 e. The van der Waals surface area contributed by atoms with Gasteiger partial charge in [0.15, 0.2) is 0 Å². The monoisotopic (exact) mass is 401 g/mol. The van der Waals surface area contributed by atoms with Crippen molar-refractivity contribution in [2.75, 3.05) is 6.54 Å². The van der Waals surface area contributed by atoms with E-state index in [0.717, 1.165) is 31.4 Å². The lowest BCUT2D eigenvalue weighted by molar-refractivity contribution is -0.123. The molecule has 2 N–H and O–H groups in total. The Morgan fingerprint density at radius 3 is 2.77 bits per heavy atom. The molecule has 1 amide bonds. The van der Waals surface area contributed by atoms with Crippen molar-refractivity contribution in [3.05, 3.63) is 54.0 Å². The maximum absolute atomic E-state index is 13.1. The Bertz CT molecular complexity index is 695. The molecule has 1 aromatic heterocycles. The number of hydrogen-bond acceptors (Lipinski definition) is 4. The number of nitrogens with zero attached hydrogens (tertiary/aromatic N) is 1. The van der Waals surface area contributed by atoms with Gasteiger partial charge in [-0.3, -0.25) is 4.79 Å². The maximum atomic E-state index is 13.1. The van der Waals surface area contributed by atoms with Crippen LogP contribution in [0.25, 0.3) is 0 Å². The molecule has 0 saturated carbocycles. The van der Waals surface area contributed by atoms with Crippen molar-refractivity contribution in [1.82, 2.24) is 15.6 Å². The number of rotatable bonds is 5. The Morgan fingerprint density at radius 1 is 1.27 bits per heavy atom. The fourth-order valence-corrected chi connectivity index (χ4v) is 2.62. The summed E-state index contributed by atoms with van der Waals surface area (Å²) in [5, 5.41) is 6.13. The number of nitrogens with one attached hydrogen (secondary N) is 2. The first kappa shape index (κ1) is 22.2. The second-order valence-corrected chi connectivity index (χ2v) is 5.78. The zero-order valence-corrected chi connectivity index (χ0v) is 15.7. The van der Waals surface area contributed by atoms with E-state index < -0.39 is 0 Å². The third-order valence-electron chi connectivity index (χ3n) is 3.91. The van der Waals surface area contributed by atoms with Gasteiger partial charge in [0, 0.05) is 24.9 Å². The first-order valence-corrected chi connectivity index (χ1v) is 8.10. The van der Waals surface area contributed by atoms with Crippen molar-refractivity contribution in [2.45, 2.75) is 31.8 Å². The van der Waals surface area contributed by atoms with Crippen LogP contribution in [0.1, 0.15) is 24.8 Å². The number of carbonyl (C=O) groups is 1. The van der Waals surface area contributed by atoms with Crippen LogP contribution in [0, 0.1) is 5.82 Å². The Hall–Kier alpha value is -1.89. The number of ether oxygens (including phenoxy) is 1. The lowest BCUT2D eigenvalue weighted by atomic mass is 10.0. The highest BCUT2D eigenvalue weighted by Gasteiger charge is 2.19. The number of carbonyl (C=O) groups excluding carboxylic acids is 1. The molecule has 142 valence electrons. The van der Waals surface area contributed by atoms with Crippen molar-refractivity contribution in [2.24, 2.45) is 0 Å². The Labute approximate surface area is 164 Å². The summed E-state index contributed by atoms with van der Waals surface area (Å²) in [7, 11) is 0. The lowest BCUT2D eigenvalue weighted by Crippen LogP contribution is -2.46. The fourth-order valence-electron chi connectivity index (χ4n) is 2.62. The maximum Gasteiger partial charge on any atom is 0.237 e. The van der Waals surface area contributed by atoms with Gasteiger partial charge in [0.05, 0.1) is 6.04 Å². The molecule has 0 spiro atoms. The molecule has 8 heteroatoms. The number of halogens is 3. The van der Waals surface area contributed by atoms with Crippen molar-refractivity contribution in [3.63, 3.8) is 0 Å². The van der Waals surface area contributed by atoms with E-state index in [0.29, 0.717) is 18.2 Å². The minimum absolute atomic E-state index is 0. The number of hydrogen-bond donors (Lipinski definition) is 2. The third-order valence-corrected chi connectivity index (χ3v) is 3.91. The molecule has 2 aromatic rings. The number of pyridine rings is 1. The van der Waals surface area contributed by atoms with Gasteiger partial charge in [0.1, 0.15) is 11.6 Å². The van der Waals surface area contributed by atoms with Gasteiger partial charge >= 0.3 is 0 Å². The molecule has 1 aliphatic heterocycles. The number of piperidine rings is 1. The van der Waals surface area contributed by atoms with Crippen LogP contribution in [0.3, 0.4) is 0 Å². The Morgan fingerprint density at radius 2 is 2.12 bits per heavy atom. The van der Waals surface area contributed by atoms with Gasteiger partial charge in [-0.1, -0.05) is 18.6 Å². The normalized spacial score (nSPS) is 16.0. The van der Waals surface area contributed by atoms with Crippen LogP contribution in [0.2, 0.25) is 0 Å². The second kappa shape index (κ2) is 11.0. The number of aromatic nitrogens is 1. The molecular weight excluding hydrogens is 380 g/mol. The van der Waals surface area contributed by atoms with Crippen LogP contribution >= 0.6 is 24.8 Å². The van der Waals surface area contributed by atoms with E-state index in [1.165, 1.54) is 12.1 Å². The first-order valence-electron chi connectivity index (χ1n) is 8.10. The van der Waals surface area contributed by atoms with Gasteiger partial charge in [0.25, 0.3) is 0 Å². The lowest BCUT2D eigenvalue weighted by Gasteiger charge is -2.22. The van der Waals surface area contributed by atoms with Crippen LogP contribution in [0.5, 0.6) is 11.6 Å². The van der Waals surface area contributed by atoms with Crippen LogP contribution in [0.15, 0.2) is 42.6 Å². The molecule has 5 nitrogen and oxygen atoms in total. The van der Waals surface area contributed by atoms with E-state index in [-0.39, 0.29) is 42.6 Å². The molecule has 1 saturated heterocycles. The highest BCUT2D eigenvalue weighted by molar-refractivity contribution is 5.85. The van der Waals surface area contributed by atoms with Crippen LogP contribution in [-0.4, -0.2) is 23.5 Å².